The van der Waals surface area contributed by atoms with Gasteiger partial charge in [-0.15, -0.1) is 11.6 Å². The summed E-state index contributed by atoms with van der Waals surface area (Å²) in [6, 6.07) is 14.1. The van der Waals surface area contributed by atoms with Gasteiger partial charge in [-0.1, -0.05) is 30.3 Å². The number of aromatic amines is 1. The molecule has 1 aliphatic heterocycles. The fourth-order valence-electron chi connectivity index (χ4n) is 4.14. The number of ether oxygens (including phenoxy) is 2. The summed E-state index contributed by atoms with van der Waals surface area (Å²) in [6.45, 7) is 0. The molecule has 7 heteroatoms. The average molecular weight is 413 g/mol. The van der Waals surface area contributed by atoms with Crippen molar-refractivity contribution in [3.05, 3.63) is 65.4 Å². The Morgan fingerprint density at radius 1 is 1.17 bits per heavy atom. The molecule has 2 atom stereocenters. The molecular weight excluding hydrogens is 392 g/mol. The van der Waals surface area contributed by atoms with Crippen molar-refractivity contribution in [3.8, 4) is 5.75 Å². The van der Waals surface area contributed by atoms with Crippen molar-refractivity contribution in [2.24, 2.45) is 0 Å². The molecule has 0 saturated carbocycles. The van der Waals surface area contributed by atoms with Gasteiger partial charge in [0.15, 0.2) is 0 Å². The summed E-state index contributed by atoms with van der Waals surface area (Å²) in [5.74, 6) is -0.367. The number of halogens is 1. The van der Waals surface area contributed by atoms with Gasteiger partial charge in [0, 0.05) is 23.0 Å². The van der Waals surface area contributed by atoms with Crippen LogP contribution in [0, 0.1) is 0 Å². The first-order valence-electron chi connectivity index (χ1n) is 9.27. The van der Waals surface area contributed by atoms with Crippen LogP contribution in [-0.2, 0) is 20.7 Å². The maximum absolute atomic E-state index is 12.9. The molecule has 150 valence electrons. The first kappa shape index (κ1) is 19.3. The van der Waals surface area contributed by atoms with Gasteiger partial charge in [0.05, 0.1) is 20.3 Å². The van der Waals surface area contributed by atoms with Gasteiger partial charge in [0.1, 0.15) is 17.7 Å². The summed E-state index contributed by atoms with van der Waals surface area (Å²) in [4.78, 5) is 30.6. The number of carbonyl (C=O) groups excluding carboxylic acids is 2. The zero-order valence-corrected chi connectivity index (χ0v) is 16.9. The van der Waals surface area contributed by atoms with Gasteiger partial charge in [0.25, 0.3) is 0 Å². The topological polar surface area (TPSA) is 71.6 Å². The van der Waals surface area contributed by atoms with Gasteiger partial charge in [-0.2, -0.15) is 0 Å². The van der Waals surface area contributed by atoms with E-state index in [1.807, 2.05) is 48.5 Å². The van der Waals surface area contributed by atoms with Crippen molar-refractivity contribution in [1.82, 2.24) is 9.88 Å². The number of fused-ring (bicyclic) bond motifs is 3. The fraction of sp³-hybridized carbons (Fsp3) is 0.273. The predicted octanol–water partition coefficient (Wildman–Crippen LogP) is 3.43. The Hall–Kier alpha value is -2.99. The third-order valence-electron chi connectivity index (χ3n) is 5.42. The number of methoxy groups -OCH3 is 2. The fourth-order valence-corrected chi connectivity index (χ4v) is 4.28. The maximum Gasteiger partial charge on any atom is 0.328 e. The highest BCUT2D eigenvalue weighted by atomic mass is 35.5. The highest BCUT2D eigenvalue weighted by molar-refractivity contribution is 6.27. The van der Waals surface area contributed by atoms with Gasteiger partial charge in [-0.05, 0) is 29.3 Å². The van der Waals surface area contributed by atoms with Crippen molar-refractivity contribution < 1.29 is 19.1 Å². The second-order valence-corrected chi connectivity index (χ2v) is 7.19. The first-order chi connectivity index (χ1) is 14.1. The summed E-state index contributed by atoms with van der Waals surface area (Å²) in [5, 5.41) is 1.03. The zero-order valence-electron chi connectivity index (χ0n) is 16.1. The van der Waals surface area contributed by atoms with Crippen LogP contribution >= 0.6 is 11.6 Å². The molecule has 6 nitrogen and oxygen atoms in total. The van der Waals surface area contributed by atoms with Crippen LogP contribution in [0.25, 0.3) is 10.9 Å². The number of H-pyrrole nitrogens is 1. The molecule has 2 aromatic carbocycles. The van der Waals surface area contributed by atoms with E-state index in [1.165, 1.54) is 12.0 Å². The van der Waals surface area contributed by atoms with Crippen LogP contribution in [0.4, 0.5) is 0 Å². The summed E-state index contributed by atoms with van der Waals surface area (Å²) < 4.78 is 10.4. The number of hydrogen-bond donors (Lipinski definition) is 1. The molecular formula is C22H21ClN2O4. The first-order valence-corrected chi connectivity index (χ1v) is 9.80. The van der Waals surface area contributed by atoms with Gasteiger partial charge in [0.2, 0.25) is 5.91 Å². The zero-order chi connectivity index (χ0) is 20.5. The Kier molecular flexibility index (Phi) is 5.20. The van der Waals surface area contributed by atoms with Crippen molar-refractivity contribution in [2.45, 2.75) is 18.5 Å². The van der Waals surface area contributed by atoms with Gasteiger partial charge < -0.3 is 19.4 Å². The van der Waals surface area contributed by atoms with Crippen LogP contribution in [0.5, 0.6) is 5.75 Å². The normalized spacial score (nSPS) is 18.4. The van der Waals surface area contributed by atoms with Crippen LogP contribution in [0.3, 0.4) is 0 Å². The lowest BCUT2D eigenvalue weighted by atomic mass is 9.88. The van der Waals surface area contributed by atoms with Crippen LogP contribution in [-0.4, -0.2) is 47.9 Å². The molecule has 2 heterocycles. The van der Waals surface area contributed by atoms with Crippen molar-refractivity contribution in [1.29, 1.82) is 0 Å². The molecule has 0 bridgehead atoms. The number of benzene rings is 2. The van der Waals surface area contributed by atoms with E-state index < -0.39 is 18.1 Å². The number of para-hydroxylation sites is 1. The number of rotatable bonds is 4. The second-order valence-electron chi connectivity index (χ2n) is 6.92. The molecule has 0 spiro atoms. The monoisotopic (exact) mass is 412 g/mol. The van der Waals surface area contributed by atoms with Crippen molar-refractivity contribution >= 4 is 34.4 Å². The maximum atomic E-state index is 12.9. The third-order valence-corrected chi connectivity index (χ3v) is 5.65. The minimum absolute atomic E-state index is 0.233. The number of amides is 1. The van der Waals surface area contributed by atoms with Crippen LogP contribution in [0.2, 0.25) is 0 Å². The Balaban J connectivity index is 1.98. The Labute approximate surface area is 173 Å². The predicted molar refractivity (Wildman–Crippen MR) is 110 cm³/mol. The number of nitrogens with zero attached hydrogens (tertiary/aromatic N) is 1. The summed E-state index contributed by atoms with van der Waals surface area (Å²) in [5.41, 5.74) is 3.65. The Morgan fingerprint density at radius 2 is 1.97 bits per heavy atom. The number of hydrogen-bond acceptors (Lipinski definition) is 4. The molecule has 1 aliphatic rings. The van der Waals surface area contributed by atoms with E-state index in [0.717, 1.165) is 27.7 Å². The molecule has 0 saturated heterocycles. The van der Waals surface area contributed by atoms with E-state index in [0.29, 0.717) is 12.2 Å². The number of nitrogens with one attached hydrogen (secondary N) is 1. The van der Waals surface area contributed by atoms with Crippen molar-refractivity contribution in [2.75, 3.05) is 20.1 Å². The number of aromatic nitrogens is 1. The molecule has 1 unspecified atom stereocenters. The van der Waals surface area contributed by atoms with E-state index in [1.54, 1.807) is 7.11 Å². The van der Waals surface area contributed by atoms with E-state index in [4.69, 9.17) is 21.1 Å². The minimum Gasteiger partial charge on any atom is -0.497 e. The van der Waals surface area contributed by atoms with E-state index in [2.05, 4.69) is 4.98 Å². The van der Waals surface area contributed by atoms with Crippen LogP contribution < -0.4 is 4.74 Å². The molecule has 1 aromatic heterocycles. The smallest absolute Gasteiger partial charge is 0.328 e. The SMILES string of the molecule is COC(=O)[C@@H]1Cc2c([nH]c3ccccc23)C(c2cccc(OC)c2)N1C(=O)CCl. The molecule has 0 fully saturated rings. The van der Waals surface area contributed by atoms with Crippen LogP contribution in [0.1, 0.15) is 22.9 Å². The minimum atomic E-state index is -0.769. The Morgan fingerprint density at radius 3 is 2.69 bits per heavy atom. The summed E-state index contributed by atoms with van der Waals surface area (Å²) in [7, 11) is 2.92. The average Bonchev–Trinajstić information content (AvgIpc) is 3.15. The molecule has 0 aliphatic carbocycles. The van der Waals surface area contributed by atoms with Crippen LogP contribution in [0.15, 0.2) is 48.5 Å². The molecule has 1 N–H and O–H groups in total. The van der Waals surface area contributed by atoms with E-state index in [9.17, 15) is 9.59 Å². The molecule has 29 heavy (non-hydrogen) atoms. The quantitative estimate of drug-likeness (QED) is 0.526. The van der Waals surface area contributed by atoms with Gasteiger partial charge in [-0.3, -0.25) is 4.79 Å². The van der Waals surface area contributed by atoms with E-state index >= 15 is 0 Å². The van der Waals surface area contributed by atoms with E-state index in [-0.39, 0.29) is 11.8 Å². The number of esters is 1. The molecule has 1 amide bonds. The molecule has 4 rings (SSSR count). The number of alkyl halides is 1. The lowest BCUT2D eigenvalue weighted by Gasteiger charge is -2.40. The van der Waals surface area contributed by atoms with Crippen molar-refractivity contribution in [3.63, 3.8) is 0 Å². The summed E-state index contributed by atoms with van der Waals surface area (Å²) >= 11 is 5.94. The lowest BCUT2D eigenvalue weighted by Crippen LogP contribution is -2.52. The highest BCUT2D eigenvalue weighted by Gasteiger charge is 2.43. The third kappa shape index (κ3) is 3.23. The van der Waals surface area contributed by atoms with Gasteiger partial charge >= 0.3 is 5.97 Å². The summed E-state index contributed by atoms with van der Waals surface area (Å²) in [6.07, 6.45) is 0.356. The second kappa shape index (κ2) is 7.79. The number of carbonyl (C=O) groups is 2. The molecule has 0 radical (unpaired) electrons. The highest BCUT2D eigenvalue weighted by Crippen LogP contribution is 2.41. The lowest BCUT2D eigenvalue weighted by molar-refractivity contribution is -0.154. The Bertz CT molecular complexity index is 1080. The largest absolute Gasteiger partial charge is 0.497 e. The standard InChI is InChI=1S/C22H21ClN2O4/c1-28-14-7-5-6-13(10-14)21-20-16(15-8-3-4-9-17(15)24-20)11-18(22(27)29-2)25(21)19(26)12-23/h3-10,18,21,24H,11-12H2,1-2H3/t18-,21?/m0/s1. The molecule has 3 aromatic rings. The van der Waals surface area contributed by atoms with Gasteiger partial charge in [-0.25, -0.2) is 4.79 Å².